The molecule has 0 spiro atoms. The summed E-state index contributed by atoms with van der Waals surface area (Å²) in [6.07, 6.45) is 5.00. The van der Waals surface area contributed by atoms with Crippen molar-refractivity contribution in [2.75, 3.05) is 19.3 Å². The number of aryl methyl sites for hydroxylation is 1. The highest BCUT2D eigenvalue weighted by Crippen LogP contribution is 2.28. The van der Waals surface area contributed by atoms with Crippen molar-refractivity contribution in [2.45, 2.75) is 25.7 Å². The zero-order chi connectivity index (χ0) is 11.8. The molecule has 0 radical (unpaired) electrons. The fourth-order valence-corrected chi connectivity index (χ4v) is 3.16. The summed E-state index contributed by atoms with van der Waals surface area (Å²) in [7, 11) is -3.06. The minimum atomic E-state index is -3.06. The predicted octanol–water partition coefficient (Wildman–Crippen LogP) is 0.857. The third kappa shape index (κ3) is 2.27. The molecule has 6 heteroatoms. The van der Waals surface area contributed by atoms with Crippen LogP contribution in [0.3, 0.4) is 0 Å². The number of H-pyrrole nitrogens is 1. The Hall–Kier alpha value is -0.880. The number of aromatic amines is 1. The maximum Gasteiger partial charge on any atom is 0.211 e. The number of rotatable bonds is 2. The number of hydrogen-bond acceptors (Lipinski definition) is 3. The molecule has 2 heterocycles. The lowest BCUT2D eigenvalue weighted by molar-refractivity contribution is 0.314. The van der Waals surface area contributed by atoms with E-state index in [0.717, 1.165) is 24.1 Å². The van der Waals surface area contributed by atoms with Crippen LogP contribution in [0.2, 0.25) is 0 Å². The molecule has 1 atom stereocenters. The summed E-state index contributed by atoms with van der Waals surface area (Å²) in [6, 6.07) is 0. The lowest BCUT2D eigenvalue weighted by Crippen LogP contribution is -2.38. The lowest BCUT2D eigenvalue weighted by Gasteiger charge is -2.30. The van der Waals surface area contributed by atoms with E-state index < -0.39 is 10.0 Å². The first-order chi connectivity index (χ1) is 7.48. The summed E-state index contributed by atoms with van der Waals surface area (Å²) >= 11 is 0. The molecule has 90 valence electrons. The standard InChI is InChI=1S/C10H17N3O2S/c1-8-6-11-12-10(8)9-4-3-5-13(7-9)16(2,14)15/h6,9H,3-5,7H2,1-2H3,(H,11,12). The molecular weight excluding hydrogens is 226 g/mol. The van der Waals surface area contributed by atoms with Gasteiger partial charge in [0.15, 0.2) is 0 Å². The molecule has 1 fully saturated rings. The van der Waals surface area contributed by atoms with Gasteiger partial charge in [0.1, 0.15) is 0 Å². The predicted molar refractivity (Wildman–Crippen MR) is 61.7 cm³/mol. The second-order valence-corrected chi connectivity index (χ2v) is 6.41. The van der Waals surface area contributed by atoms with Gasteiger partial charge in [0.05, 0.1) is 12.5 Å². The second kappa shape index (κ2) is 4.18. The molecule has 16 heavy (non-hydrogen) atoms. The molecule has 1 aliphatic heterocycles. The van der Waals surface area contributed by atoms with Crippen LogP contribution in [-0.2, 0) is 10.0 Å². The van der Waals surface area contributed by atoms with E-state index in [2.05, 4.69) is 10.2 Å². The maximum atomic E-state index is 11.5. The van der Waals surface area contributed by atoms with Crippen molar-refractivity contribution in [1.29, 1.82) is 0 Å². The fourth-order valence-electron chi connectivity index (χ4n) is 2.25. The molecule has 0 aromatic carbocycles. The minimum absolute atomic E-state index is 0.256. The van der Waals surface area contributed by atoms with E-state index in [-0.39, 0.29) is 5.92 Å². The van der Waals surface area contributed by atoms with Crippen molar-refractivity contribution in [3.63, 3.8) is 0 Å². The first-order valence-corrected chi connectivity index (χ1v) is 7.28. The molecular formula is C10H17N3O2S. The number of sulfonamides is 1. The topological polar surface area (TPSA) is 66.1 Å². The van der Waals surface area contributed by atoms with Crippen molar-refractivity contribution >= 4 is 10.0 Å². The molecule has 5 nitrogen and oxygen atoms in total. The largest absolute Gasteiger partial charge is 0.282 e. The Bertz CT molecular complexity index is 466. The Balaban J connectivity index is 2.17. The molecule has 1 aromatic heterocycles. The van der Waals surface area contributed by atoms with Crippen molar-refractivity contribution < 1.29 is 8.42 Å². The summed E-state index contributed by atoms with van der Waals surface area (Å²) in [5.41, 5.74) is 2.19. The summed E-state index contributed by atoms with van der Waals surface area (Å²) in [5, 5.41) is 6.97. The summed E-state index contributed by atoms with van der Waals surface area (Å²) < 4.78 is 24.5. The van der Waals surface area contributed by atoms with Crippen LogP contribution in [0.5, 0.6) is 0 Å². The first-order valence-electron chi connectivity index (χ1n) is 5.43. The zero-order valence-corrected chi connectivity index (χ0v) is 10.4. The number of nitrogens with one attached hydrogen (secondary N) is 1. The van der Waals surface area contributed by atoms with Crippen molar-refractivity contribution in [1.82, 2.24) is 14.5 Å². The highest BCUT2D eigenvalue weighted by atomic mass is 32.2. The summed E-state index contributed by atoms with van der Waals surface area (Å²) in [6.45, 7) is 3.21. The van der Waals surface area contributed by atoms with Crippen LogP contribution in [0, 0.1) is 6.92 Å². The van der Waals surface area contributed by atoms with Crippen LogP contribution in [-0.4, -0.2) is 42.3 Å². The monoisotopic (exact) mass is 243 g/mol. The number of hydrogen-bond donors (Lipinski definition) is 1. The molecule has 0 amide bonds. The third-order valence-electron chi connectivity index (χ3n) is 3.13. The number of aromatic nitrogens is 2. The van der Waals surface area contributed by atoms with Crippen LogP contribution in [0.4, 0.5) is 0 Å². The van der Waals surface area contributed by atoms with Gasteiger partial charge < -0.3 is 0 Å². The zero-order valence-electron chi connectivity index (χ0n) is 9.60. The molecule has 0 bridgehead atoms. The molecule has 1 saturated heterocycles. The molecule has 1 aromatic rings. The van der Waals surface area contributed by atoms with E-state index in [1.807, 2.05) is 6.92 Å². The van der Waals surface area contributed by atoms with Gasteiger partial charge >= 0.3 is 0 Å². The average molecular weight is 243 g/mol. The highest BCUT2D eigenvalue weighted by molar-refractivity contribution is 7.88. The fraction of sp³-hybridized carbons (Fsp3) is 0.700. The average Bonchev–Trinajstić information content (AvgIpc) is 2.63. The minimum Gasteiger partial charge on any atom is -0.282 e. The van der Waals surface area contributed by atoms with Crippen LogP contribution >= 0.6 is 0 Å². The van der Waals surface area contributed by atoms with Gasteiger partial charge in [-0.05, 0) is 25.3 Å². The Morgan fingerprint density at radius 2 is 2.31 bits per heavy atom. The highest BCUT2D eigenvalue weighted by Gasteiger charge is 2.28. The van der Waals surface area contributed by atoms with Gasteiger partial charge in [0.2, 0.25) is 10.0 Å². The van der Waals surface area contributed by atoms with Crippen LogP contribution in [0.15, 0.2) is 6.20 Å². The molecule has 1 N–H and O–H groups in total. The van der Waals surface area contributed by atoms with E-state index in [1.54, 1.807) is 10.5 Å². The van der Waals surface area contributed by atoms with Gasteiger partial charge in [-0.3, -0.25) is 5.10 Å². The summed E-state index contributed by atoms with van der Waals surface area (Å²) in [4.78, 5) is 0. The Morgan fingerprint density at radius 1 is 1.56 bits per heavy atom. The van der Waals surface area contributed by atoms with E-state index in [0.29, 0.717) is 13.1 Å². The van der Waals surface area contributed by atoms with Gasteiger partial charge in [-0.1, -0.05) is 0 Å². The molecule has 2 rings (SSSR count). The molecule has 1 unspecified atom stereocenters. The maximum absolute atomic E-state index is 11.5. The Kier molecular flexibility index (Phi) is 3.03. The van der Waals surface area contributed by atoms with Crippen molar-refractivity contribution in [3.8, 4) is 0 Å². The molecule has 0 saturated carbocycles. The van der Waals surface area contributed by atoms with E-state index in [9.17, 15) is 8.42 Å². The number of piperidine rings is 1. The van der Waals surface area contributed by atoms with Crippen LogP contribution < -0.4 is 0 Å². The van der Waals surface area contributed by atoms with Gasteiger partial charge in [-0.25, -0.2) is 12.7 Å². The normalized spacial score (nSPS) is 23.5. The molecule has 1 aliphatic rings. The Morgan fingerprint density at radius 3 is 2.88 bits per heavy atom. The third-order valence-corrected chi connectivity index (χ3v) is 4.40. The smallest absolute Gasteiger partial charge is 0.211 e. The number of nitrogens with zero attached hydrogens (tertiary/aromatic N) is 2. The SMILES string of the molecule is Cc1cn[nH]c1C1CCCN(S(C)(=O)=O)C1. The van der Waals surface area contributed by atoms with Crippen LogP contribution in [0.1, 0.15) is 30.0 Å². The van der Waals surface area contributed by atoms with Gasteiger partial charge in [-0.2, -0.15) is 5.10 Å². The molecule has 0 aliphatic carbocycles. The van der Waals surface area contributed by atoms with Gasteiger partial charge in [0, 0.05) is 24.7 Å². The van der Waals surface area contributed by atoms with Crippen molar-refractivity contribution in [3.05, 3.63) is 17.5 Å². The second-order valence-electron chi connectivity index (χ2n) is 4.43. The van der Waals surface area contributed by atoms with E-state index >= 15 is 0 Å². The van der Waals surface area contributed by atoms with Crippen LogP contribution in [0.25, 0.3) is 0 Å². The lowest BCUT2D eigenvalue weighted by atomic mass is 9.94. The van der Waals surface area contributed by atoms with Gasteiger partial charge in [0.25, 0.3) is 0 Å². The first kappa shape index (κ1) is 11.6. The summed E-state index contributed by atoms with van der Waals surface area (Å²) in [5.74, 6) is 0.256. The van der Waals surface area contributed by atoms with Crippen molar-refractivity contribution in [2.24, 2.45) is 0 Å². The van der Waals surface area contributed by atoms with E-state index in [1.165, 1.54) is 6.26 Å². The van der Waals surface area contributed by atoms with Gasteiger partial charge in [-0.15, -0.1) is 0 Å². The quantitative estimate of drug-likeness (QED) is 0.837. The Labute approximate surface area is 95.9 Å². The van der Waals surface area contributed by atoms with E-state index in [4.69, 9.17) is 0 Å².